The number of benzene rings is 1. The van der Waals surface area contributed by atoms with Gasteiger partial charge in [-0.15, -0.1) is 5.10 Å². The lowest BCUT2D eigenvalue weighted by Gasteiger charge is -2.15. The summed E-state index contributed by atoms with van der Waals surface area (Å²) in [7, 11) is 0. The summed E-state index contributed by atoms with van der Waals surface area (Å²) in [5.41, 5.74) is -1.41. The molecule has 1 aromatic carbocycles. The first-order valence-electron chi connectivity index (χ1n) is 8.22. The van der Waals surface area contributed by atoms with E-state index >= 15 is 0 Å². The Kier molecular flexibility index (Phi) is 5.69. The van der Waals surface area contributed by atoms with Crippen LogP contribution in [0.3, 0.4) is 0 Å². The van der Waals surface area contributed by atoms with Crippen LogP contribution in [0.4, 0.5) is 13.2 Å². The van der Waals surface area contributed by atoms with E-state index < -0.39 is 35.5 Å². The SMILES string of the molecule is CC(NC(=O)c1cc(Cl)cc(C(F)(F)F)c1)c1nc(C(=O)O)nn1-c1ncccn1. The molecule has 1 amide bonds. The van der Waals surface area contributed by atoms with Crippen molar-refractivity contribution in [3.8, 4) is 5.95 Å². The molecule has 9 nitrogen and oxygen atoms in total. The molecule has 3 aromatic rings. The predicted molar refractivity (Wildman–Crippen MR) is 96.2 cm³/mol. The number of halogens is 4. The first kappa shape index (κ1) is 21.2. The number of aromatic carboxylic acids is 1. The van der Waals surface area contributed by atoms with E-state index in [1.54, 1.807) is 0 Å². The Hall–Kier alpha value is -3.54. The zero-order valence-electron chi connectivity index (χ0n) is 15.1. The molecular formula is C17H12ClF3N6O3. The van der Waals surface area contributed by atoms with Gasteiger partial charge in [-0.25, -0.2) is 19.7 Å². The number of alkyl halides is 3. The van der Waals surface area contributed by atoms with Crippen LogP contribution in [0, 0.1) is 0 Å². The van der Waals surface area contributed by atoms with Gasteiger partial charge in [-0.1, -0.05) is 11.6 Å². The Labute approximate surface area is 171 Å². The highest BCUT2D eigenvalue weighted by Crippen LogP contribution is 2.32. The third kappa shape index (κ3) is 4.54. The smallest absolute Gasteiger partial charge is 0.416 e. The highest BCUT2D eigenvalue weighted by molar-refractivity contribution is 6.31. The number of carbonyl (C=O) groups excluding carboxylic acids is 1. The summed E-state index contributed by atoms with van der Waals surface area (Å²) in [6.07, 6.45) is -1.91. The molecule has 0 saturated heterocycles. The fourth-order valence-corrected chi connectivity index (χ4v) is 2.71. The first-order valence-corrected chi connectivity index (χ1v) is 8.60. The van der Waals surface area contributed by atoms with Gasteiger partial charge >= 0.3 is 12.1 Å². The molecule has 1 unspecified atom stereocenters. The van der Waals surface area contributed by atoms with E-state index in [1.165, 1.54) is 25.4 Å². The summed E-state index contributed by atoms with van der Waals surface area (Å²) in [5, 5.41) is 15.1. The summed E-state index contributed by atoms with van der Waals surface area (Å²) in [5.74, 6) is -2.91. The fourth-order valence-electron chi connectivity index (χ4n) is 2.47. The summed E-state index contributed by atoms with van der Waals surface area (Å²) >= 11 is 5.71. The van der Waals surface area contributed by atoms with Gasteiger partial charge in [0.15, 0.2) is 5.82 Å². The summed E-state index contributed by atoms with van der Waals surface area (Å²) in [6.45, 7) is 1.45. The number of carbonyl (C=O) groups is 2. The lowest BCUT2D eigenvalue weighted by molar-refractivity contribution is -0.137. The molecule has 0 aliphatic heterocycles. The molecule has 2 aromatic heterocycles. The molecule has 1 atom stereocenters. The number of aromatic nitrogens is 5. The average molecular weight is 441 g/mol. The molecule has 0 bridgehead atoms. The van der Waals surface area contributed by atoms with E-state index in [-0.39, 0.29) is 22.4 Å². The highest BCUT2D eigenvalue weighted by atomic mass is 35.5. The molecule has 0 aliphatic rings. The number of hydrogen-bond acceptors (Lipinski definition) is 6. The topological polar surface area (TPSA) is 123 Å². The number of hydrogen-bond donors (Lipinski definition) is 2. The second kappa shape index (κ2) is 8.06. The maximum atomic E-state index is 13.0. The van der Waals surface area contributed by atoms with Crippen molar-refractivity contribution in [1.29, 1.82) is 0 Å². The van der Waals surface area contributed by atoms with Crippen LogP contribution in [0.2, 0.25) is 5.02 Å². The molecule has 0 radical (unpaired) electrons. The molecule has 3 rings (SSSR count). The van der Waals surface area contributed by atoms with Crippen LogP contribution >= 0.6 is 11.6 Å². The monoisotopic (exact) mass is 440 g/mol. The van der Waals surface area contributed by atoms with Gasteiger partial charge in [0.1, 0.15) is 0 Å². The van der Waals surface area contributed by atoms with Crippen molar-refractivity contribution in [3.63, 3.8) is 0 Å². The molecule has 0 fully saturated rings. The molecule has 2 N–H and O–H groups in total. The van der Waals surface area contributed by atoms with Crippen LogP contribution in [0.1, 0.15) is 45.3 Å². The molecule has 2 heterocycles. The van der Waals surface area contributed by atoms with Crippen molar-refractivity contribution in [3.05, 3.63) is 64.5 Å². The third-order valence-electron chi connectivity index (χ3n) is 3.79. The molecule has 0 saturated carbocycles. The second-order valence-electron chi connectivity index (χ2n) is 5.98. The van der Waals surface area contributed by atoms with E-state index in [2.05, 4.69) is 25.4 Å². The van der Waals surface area contributed by atoms with Crippen molar-refractivity contribution in [2.24, 2.45) is 0 Å². The molecule has 13 heteroatoms. The predicted octanol–water partition coefficient (Wildman–Crippen LogP) is 2.92. The minimum atomic E-state index is -4.69. The average Bonchev–Trinajstić information content (AvgIpc) is 3.13. The lowest BCUT2D eigenvalue weighted by atomic mass is 10.1. The maximum Gasteiger partial charge on any atom is 0.416 e. The van der Waals surface area contributed by atoms with Gasteiger partial charge in [0, 0.05) is 23.0 Å². The molecule has 30 heavy (non-hydrogen) atoms. The van der Waals surface area contributed by atoms with Gasteiger partial charge in [0.05, 0.1) is 11.6 Å². The minimum Gasteiger partial charge on any atom is -0.475 e. The summed E-state index contributed by atoms with van der Waals surface area (Å²) < 4.78 is 40.0. The van der Waals surface area contributed by atoms with Crippen molar-refractivity contribution in [1.82, 2.24) is 30.0 Å². The number of nitrogens with zero attached hydrogens (tertiary/aromatic N) is 5. The van der Waals surface area contributed by atoms with Gasteiger partial charge in [0.2, 0.25) is 0 Å². The second-order valence-corrected chi connectivity index (χ2v) is 6.42. The zero-order valence-corrected chi connectivity index (χ0v) is 15.8. The number of carboxylic acid groups (broad SMARTS) is 1. The Morgan fingerprint density at radius 2 is 1.87 bits per heavy atom. The van der Waals surface area contributed by atoms with Gasteiger partial charge in [-0.05, 0) is 31.2 Å². The van der Waals surface area contributed by atoms with Crippen molar-refractivity contribution in [2.45, 2.75) is 19.1 Å². The van der Waals surface area contributed by atoms with Crippen LogP contribution in [-0.2, 0) is 6.18 Å². The van der Waals surface area contributed by atoms with Crippen LogP contribution in [0.15, 0.2) is 36.7 Å². The Morgan fingerprint density at radius 1 is 1.20 bits per heavy atom. The first-order chi connectivity index (χ1) is 14.1. The van der Waals surface area contributed by atoms with E-state index in [1.807, 2.05) is 0 Å². The molecule has 0 spiro atoms. The maximum absolute atomic E-state index is 13.0. The summed E-state index contributed by atoms with van der Waals surface area (Å²) in [4.78, 5) is 35.5. The molecule has 0 aliphatic carbocycles. The van der Waals surface area contributed by atoms with Gasteiger partial charge in [-0.3, -0.25) is 4.79 Å². The third-order valence-corrected chi connectivity index (χ3v) is 4.01. The quantitative estimate of drug-likeness (QED) is 0.625. The Morgan fingerprint density at radius 3 is 2.47 bits per heavy atom. The summed E-state index contributed by atoms with van der Waals surface area (Å²) in [6, 6.07) is 2.99. The normalized spacial score (nSPS) is 12.4. The number of amides is 1. The lowest BCUT2D eigenvalue weighted by Crippen LogP contribution is -2.29. The number of rotatable bonds is 5. The fraction of sp³-hybridized carbons (Fsp3) is 0.176. The Balaban J connectivity index is 1.93. The van der Waals surface area contributed by atoms with E-state index in [9.17, 15) is 22.8 Å². The van der Waals surface area contributed by atoms with Crippen LogP contribution < -0.4 is 5.32 Å². The van der Waals surface area contributed by atoms with Crippen LogP contribution in [0.25, 0.3) is 5.95 Å². The van der Waals surface area contributed by atoms with Crippen LogP contribution in [0.5, 0.6) is 0 Å². The van der Waals surface area contributed by atoms with E-state index in [0.29, 0.717) is 12.1 Å². The number of nitrogens with one attached hydrogen (secondary N) is 1. The van der Waals surface area contributed by atoms with Crippen molar-refractivity contribution in [2.75, 3.05) is 0 Å². The highest BCUT2D eigenvalue weighted by Gasteiger charge is 2.32. The van der Waals surface area contributed by atoms with Crippen molar-refractivity contribution >= 4 is 23.5 Å². The van der Waals surface area contributed by atoms with Gasteiger partial charge < -0.3 is 10.4 Å². The van der Waals surface area contributed by atoms with Crippen molar-refractivity contribution < 1.29 is 27.9 Å². The Bertz CT molecular complexity index is 1100. The molecular weight excluding hydrogens is 429 g/mol. The molecule has 156 valence electrons. The zero-order chi connectivity index (χ0) is 22.1. The van der Waals surface area contributed by atoms with Crippen LogP contribution in [-0.4, -0.2) is 41.7 Å². The standard InChI is InChI=1S/C17H12ClF3N6O3/c1-8(24-14(28)9-5-10(17(19,20)21)7-11(18)6-9)13-25-12(15(29)30)26-27(13)16-22-3-2-4-23-16/h2-8H,1H3,(H,24,28)(H,29,30). The van der Waals surface area contributed by atoms with Gasteiger partial charge in [0.25, 0.3) is 17.7 Å². The van der Waals surface area contributed by atoms with E-state index in [4.69, 9.17) is 16.7 Å². The number of carboxylic acids is 1. The van der Waals surface area contributed by atoms with E-state index in [0.717, 1.165) is 10.7 Å². The minimum absolute atomic E-state index is 0.00397. The van der Waals surface area contributed by atoms with Gasteiger partial charge in [-0.2, -0.15) is 17.9 Å². The largest absolute Gasteiger partial charge is 0.475 e.